The Labute approximate surface area is 122 Å². The average Bonchev–Trinajstić information content (AvgIpc) is 3.23. The minimum absolute atomic E-state index is 0.261. The summed E-state index contributed by atoms with van der Waals surface area (Å²) in [6, 6.07) is 0.463. The summed E-state index contributed by atoms with van der Waals surface area (Å²) in [5, 5.41) is 10.3. The van der Waals surface area contributed by atoms with Crippen LogP contribution in [0.1, 0.15) is 51.9 Å². The van der Waals surface area contributed by atoms with Crippen molar-refractivity contribution in [2.24, 2.45) is 5.92 Å². The van der Waals surface area contributed by atoms with E-state index in [1.807, 2.05) is 0 Å². The van der Waals surface area contributed by atoms with Gasteiger partial charge in [-0.15, -0.1) is 0 Å². The van der Waals surface area contributed by atoms with Gasteiger partial charge in [-0.25, -0.2) is 0 Å². The van der Waals surface area contributed by atoms with Gasteiger partial charge in [0.25, 0.3) is 0 Å². The summed E-state index contributed by atoms with van der Waals surface area (Å²) in [7, 11) is 0. The quantitative estimate of drug-likeness (QED) is 0.832. The molecule has 1 N–H and O–H groups in total. The second-order valence-corrected chi connectivity index (χ2v) is 6.99. The van der Waals surface area contributed by atoms with Gasteiger partial charge in [0.1, 0.15) is 0 Å². The number of nitrogens with zero attached hydrogens (tertiary/aromatic N) is 2. The van der Waals surface area contributed by atoms with Gasteiger partial charge in [-0.05, 0) is 38.5 Å². The standard InChI is InChI=1S/C16H28N2O2/c1-2-18(14-6-4-3-5-7-14)15(19)10-17-11-16(20,12-17)13-8-9-13/h13-14,20H,2-12H2,1H3. The molecule has 3 aliphatic rings. The Bertz CT molecular complexity index is 355. The SMILES string of the molecule is CCN(C(=O)CN1CC(O)(C2CC2)C1)C1CCCCC1. The molecule has 0 atom stereocenters. The topological polar surface area (TPSA) is 43.8 Å². The number of likely N-dealkylation sites (tertiary alicyclic amines) is 1. The molecule has 0 spiro atoms. The van der Waals surface area contributed by atoms with E-state index in [0.717, 1.165) is 6.54 Å². The summed E-state index contributed by atoms with van der Waals surface area (Å²) in [5.74, 6) is 0.770. The number of amides is 1. The molecule has 4 nitrogen and oxygen atoms in total. The van der Waals surface area contributed by atoms with Crippen LogP contribution in [0.3, 0.4) is 0 Å². The Morgan fingerprint density at radius 1 is 1.20 bits per heavy atom. The van der Waals surface area contributed by atoms with Gasteiger partial charge in [-0.2, -0.15) is 0 Å². The number of β-amino-alcohol motifs (C(OH)–C–C–N with tert-alkyl or cyclic N) is 1. The monoisotopic (exact) mass is 280 g/mol. The molecule has 0 bridgehead atoms. The number of hydrogen-bond donors (Lipinski definition) is 1. The van der Waals surface area contributed by atoms with E-state index in [-0.39, 0.29) is 5.91 Å². The van der Waals surface area contributed by atoms with Gasteiger partial charge in [-0.3, -0.25) is 9.69 Å². The van der Waals surface area contributed by atoms with Crippen LogP contribution in [0.15, 0.2) is 0 Å². The van der Waals surface area contributed by atoms with Crippen molar-refractivity contribution in [1.82, 2.24) is 9.80 Å². The van der Waals surface area contributed by atoms with Crippen LogP contribution in [0.4, 0.5) is 0 Å². The molecule has 0 aromatic heterocycles. The molecule has 114 valence electrons. The molecule has 0 radical (unpaired) electrons. The molecule has 2 saturated carbocycles. The molecule has 1 heterocycles. The van der Waals surface area contributed by atoms with Crippen LogP contribution >= 0.6 is 0 Å². The summed E-state index contributed by atoms with van der Waals surface area (Å²) in [4.78, 5) is 16.7. The predicted molar refractivity (Wildman–Crippen MR) is 78.4 cm³/mol. The smallest absolute Gasteiger partial charge is 0.236 e. The molecular weight excluding hydrogens is 252 g/mol. The van der Waals surface area contributed by atoms with Gasteiger partial charge in [0.15, 0.2) is 0 Å². The Balaban J connectivity index is 1.48. The fourth-order valence-electron chi connectivity index (χ4n) is 4.03. The molecular formula is C16H28N2O2. The first-order valence-electron chi connectivity index (χ1n) is 8.36. The van der Waals surface area contributed by atoms with E-state index in [2.05, 4.69) is 16.7 Å². The van der Waals surface area contributed by atoms with Crippen LogP contribution < -0.4 is 0 Å². The number of rotatable bonds is 5. The normalized spacial score (nSPS) is 27.1. The molecule has 0 unspecified atom stereocenters. The summed E-state index contributed by atoms with van der Waals surface area (Å²) in [6.45, 7) is 4.81. The number of aliphatic hydroxyl groups is 1. The Morgan fingerprint density at radius 2 is 1.85 bits per heavy atom. The molecule has 3 rings (SSSR count). The number of likely N-dealkylation sites (N-methyl/N-ethyl adjacent to an activating group) is 1. The highest BCUT2D eigenvalue weighted by Crippen LogP contribution is 2.44. The maximum Gasteiger partial charge on any atom is 0.236 e. The molecule has 1 saturated heterocycles. The third kappa shape index (κ3) is 2.86. The van der Waals surface area contributed by atoms with Crippen LogP contribution in [0.2, 0.25) is 0 Å². The molecule has 1 amide bonds. The van der Waals surface area contributed by atoms with Crippen molar-refractivity contribution in [1.29, 1.82) is 0 Å². The molecule has 0 aromatic carbocycles. The van der Waals surface area contributed by atoms with Gasteiger partial charge >= 0.3 is 0 Å². The lowest BCUT2D eigenvalue weighted by Crippen LogP contribution is -2.65. The first-order valence-corrected chi connectivity index (χ1v) is 8.36. The van der Waals surface area contributed by atoms with E-state index in [4.69, 9.17) is 0 Å². The van der Waals surface area contributed by atoms with E-state index in [1.54, 1.807) is 0 Å². The molecule has 3 fully saturated rings. The lowest BCUT2D eigenvalue weighted by Gasteiger charge is -2.47. The van der Waals surface area contributed by atoms with Gasteiger partial charge in [0, 0.05) is 25.7 Å². The second-order valence-electron chi connectivity index (χ2n) is 6.99. The zero-order valence-electron chi connectivity index (χ0n) is 12.7. The minimum Gasteiger partial charge on any atom is -0.387 e. The molecule has 20 heavy (non-hydrogen) atoms. The van der Waals surface area contributed by atoms with E-state index in [9.17, 15) is 9.90 Å². The zero-order valence-corrected chi connectivity index (χ0v) is 12.7. The summed E-state index contributed by atoms with van der Waals surface area (Å²) < 4.78 is 0. The average molecular weight is 280 g/mol. The fourth-order valence-corrected chi connectivity index (χ4v) is 4.03. The van der Waals surface area contributed by atoms with Crippen molar-refractivity contribution >= 4 is 5.91 Å². The van der Waals surface area contributed by atoms with Crippen LogP contribution in [0.5, 0.6) is 0 Å². The summed E-state index contributed by atoms with van der Waals surface area (Å²) >= 11 is 0. The van der Waals surface area contributed by atoms with E-state index in [0.29, 0.717) is 31.6 Å². The first kappa shape index (κ1) is 14.3. The highest BCUT2D eigenvalue weighted by atomic mass is 16.3. The Hall–Kier alpha value is -0.610. The molecule has 1 aliphatic heterocycles. The van der Waals surface area contributed by atoms with Gasteiger partial charge in [0.2, 0.25) is 5.91 Å². The third-order valence-corrected chi connectivity index (χ3v) is 5.37. The van der Waals surface area contributed by atoms with E-state index >= 15 is 0 Å². The third-order valence-electron chi connectivity index (χ3n) is 5.37. The summed E-state index contributed by atoms with van der Waals surface area (Å²) in [5.41, 5.74) is -0.470. The van der Waals surface area contributed by atoms with Crippen molar-refractivity contribution in [2.75, 3.05) is 26.2 Å². The fraction of sp³-hybridized carbons (Fsp3) is 0.938. The highest BCUT2D eigenvalue weighted by molar-refractivity contribution is 5.78. The van der Waals surface area contributed by atoms with Crippen molar-refractivity contribution in [3.63, 3.8) is 0 Å². The van der Waals surface area contributed by atoms with Crippen molar-refractivity contribution in [3.8, 4) is 0 Å². The van der Waals surface area contributed by atoms with Gasteiger partial charge < -0.3 is 10.0 Å². The van der Waals surface area contributed by atoms with Crippen LogP contribution in [0.25, 0.3) is 0 Å². The van der Waals surface area contributed by atoms with E-state index < -0.39 is 5.60 Å². The van der Waals surface area contributed by atoms with Crippen LogP contribution in [-0.4, -0.2) is 58.6 Å². The molecule has 2 aliphatic carbocycles. The van der Waals surface area contributed by atoms with Crippen LogP contribution in [-0.2, 0) is 4.79 Å². The Kier molecular flexibility index (Phi) is 4.04. The van der Waals surface area contributed by atoms with Crippen molar-refractivity contribution < 1.29 is 9.90 Å². The maximum atomic E-state index is 12.5. The minimum atomic E-state index is -0.470. The highest BCUT2D eigenvalue weighted by Gasteiger charge is 2.52. The zero-order chi connectivity index (χ0) is 14.2. The molecule has 4 heteroatoms. The summed E-state index contributed by atoms with van der Waals surface area (Å²) in [6.07, 6.45) is 8.53. The predicted octanol–water partition coefficient (Wildman–Crippen LogP) is 1.62. The van der Waals surface area contributed by atoms with Gasteiger partial charge in [0.05, 0.1) is 12.1 Å². The lowest BCUT2D eigenvalue weighted by atomic mass is 9.88. The number of carbonyl (C=O) groups is 1. The van der Waals surface area contributed by atoms with E-state index in [1.165, 1.54) is 44.9 Å². The largest absolute Gasteiger partial charge is 0.387 e. The second kappa shape index (κ2) is 5.64. The lowest BCUT2D eigenvalue weighted by molar-refractivity contribution is -0.147. The van der Waals surface area contributed by atoms with Gasteiger partial charge in [-0.1, -0.05) is 19.3 Å². The van der Waals surface area contributed by atoms with Crippen molar-refractivity contribution in [3.05, 3.63) is 0 Å². The molecule has 0 aromatic rings. The maximum absolute atomic E-state index is 12.5. The Morgan fingerprint density at radius 3 is 2.40 bits per heavy atom. The number of carbonyl (C=O) groups excluding carboxylic acids is 1. The van der Waals surface area contributed by atoms with Crippen LogP contribution in [0, 0.1) is 5.92 Å². The first-order chi connectivity index (χ1) is 9.62. The van der Waals surface area contributed by atoms with Crippen molar-refractivity contribution in [2.45, 2.75) is 63.5 Å². The number of hydrogen-bond acceptors (Lipinski definition) is 3.